The zero-order chi connectivity index (χ0) is 14.3. The molecule has 0 spiro atoms. The molecule has 0 aliphatic carbocycles. The minimum absolute atomic E-state index is 0.291. The van der Waals surface area contributed by atoms with Gasteiger partial charge in [-0.2, -0.15) is 0 Å². The van der Waals surface area contributed by atoms with Gasteiger partial charge < -0.3 is 10.1 Å². The van der Waals surface area contributed by atoms with Crippen molar-refractivity contribution in [2.45, 2.75) is 6.92 Å². The molecule has 0 aromatic heterocycles. The Hall–Kier alpha value is -2.06. The fraction of sp³-hybridized carbons (Fsp3) is 0.455. The van der Waals surface area contributed by atoms with Crippen molar-refractivity contribution in [3.63, 3.8) is 0 Å². The summed E-state index contributed by atoms with van der Waals surface area (Å²) in [6.45, 7) is 5.30. The van der Waals surface area contributed by atoms with Crippen LogP contribution >= 0.6 is 0 Å². The number of nitro groups is 2. The average Bonchev–Trinajstić information content (AvgIpc) is 2.40. The maximum absolute atomic E-state index is 10.4. The summed E-state index contributed by atoms with van der Waals surface area (Å²) in [6, 6.07) is 4.00. The van der Waals surface area contributed by atoms with Crippen molar-refractivity contribution in [1.29, 1.82) is 0 Å². The lowest BCUT2D eigenvalue weighted by Gasteiger charge is -2.10. The molecule has 0 amide bonds. The zero-order valence-corrected chi connectivity index (χ0v) is 10.5. The third kappa shape index (κ3) is 4.60. The molecule has 0 radical (unpaired) electrons. The standard InChI is InChI=1S/C7H6N2O4.C4H9NO/c1-5-3-2-4-6(8(10)11)7(5)9(12)13;1-3-6-4-2-5-1/h2-4H,1H3;5H,1-4H2. The van der Waals surface area contributed by atoms with E-state index >= 15 is 0 Å². The van der Waals surface area contributed by atoms with Crippen molar-refractivity contribution in [3.05, 3.63) is 44.0 Å². The van der Waals surface area contributed by atoms with E-state index in [2.05, 4.69) is 5.32 Å². The molecule has 0 bridgehead atoms. The van der Waals surface area contributed by atoms with Gasteiger partial charge in [-0.05, 0) is 6.92 Å². The summed E-state index contributed by atoms with van der Waals surface area (Å²) in [6.07, 6.45) is 0. The van der Waals surface area contributed by atoms with Gasteiger partial charge in [0.1, 0.15) is 0 Å². The summed E-state index contributed by atoms with van der Waals surface area (Å²) in [5, 5.41) is 24.0. The number of nitro benzene ring substituents is 2. The van der Waals surface area contributed by atoms with Crippen LogP contribution in [0.5, 0.6) is 0 Å². The molecule has 1 aliphatic rings. The lowest BCUT2D eigenvalue weighted by molar-refractivity contribution is -0.422. The van der Waals surface area contributed by atoms with E-state index in [-0.39, 0.29) is 0 Å². The van der Waals surface area contributed by atoms with Crippen LogP contribution in [0.2, 0.25) is 0 Å². The van der Waals surface area contributed by atoms with Crippen LogP contribution in [-0.4, -0.2) is 36.1 Å². The Morgan fingerprint density at radius 3 is 2.11 bits per heavy atom. The quantitative estimate of drug-likeness (QED) is 0.642. The molecule has 1 saturated heterocycles. The van der Waals surface area contributed by atoms with E-state index in [0.717, 1.165) is 32.4 Å². The number of para-hydroxylation sites is 1. The van der Waals surface area contributed by atoms with E-state index in [9.17, 15) is 20.2 Å². The highest BCUT2D eigenvalue weighted by Crippen LogP contribution is 2.29. The van der Waals surface area contributed by atoms with Crippen LogP contribution in [0.15, 0.2) is 18.2 Å². The second kappa shape index (κ2) is 7.39. The highest BCUT2D eigenvalue weighted by Gasteiger charge is 2.25. The maximum atomic E-state index is 10.4. The van der Waals surface area contributed by atoms with E-state index in [1.807, 2.05) is 0 Å². The van der Waals surface area contributed by atoms with Crippen LogP contribution in [-0.2, 0) is 4.74 Å². The molecule has 1 N–H and O–H groups in total. The number of nitrogens with zero attached hydrogens (tertiary/aromatic N) is 2. The van der Waals surface area contributed by atoms with Gasteiger partial charge in [0.15, 0.2) is 0 Å². The number of morpholine rings is 1. The lowest BCUT2D eigenvalue weighted by atomic mass is 10.2. The third-order valence-corrected chi connectivity index (χ3v) is 2.44. The van der Waals surface area contributed by atoms with Gasteiger partial charge in [0.05, 0.1) is 23.1 Å². The summed E-state index contributed by atoms with van der Waals surface area (Å²) >= 11 is 0. The monoisotopic (exact) mass is 269 g/mol. The van der Waals surface area contributed by atoms with E-state index in [0.29, 0.717) is 5.56 Å². The van der Waals surface area contributed by atoms with Crippen LogP contribution in [0, 0.1) is 27.2 Å². The number of benzene rings is 1. The first-order valence-electron chi connectivity index (χ1n) is 5.71. The molecule has 0 unspecified atom stereocenters. The average molecular weight is 269 g/mol. The Kier molecular flexibility index (Phi) is 5.83. The Bertz CT molecular complexity index is 448. The summed E-state index contributed by atoms with van der Waals surface area (Å²) in [5.41, 5.74) is -0.614. The second-order valence-electron chi connectivity index (χ2n) is 3.82. The van der Waals surface area contributed by atoms with Crippen LogP contribution < -0.4 is 5.32 Å². The minimum Gasteiger partial charge on any atom is -0.379 e. The predicted octanol–water partition coefficient (Wildman–Crippen LogP) is 1.42. The summed E-state index contributed by atoms with van der Waals surface area (Å²) < 4.78 is 5.01. The highest BCUT2D eigenvalue weighted by atomic mass is 16.6. The first-order chi connectivity index (χ1) is 9.04. The van der Waals surface area contributed by atoms with Gasteiger partial charge in [0.25, 0.3) is 0 Å². The van der Waals surface area contributed by atoms with E-state index in [4.69, 9.17) is 4.74 Å². The van der Waals surface area contributed by atoms with Gasteiger partial charge in [0.2, 0.25) is 0 Å². The van der Waals surface area contributed by atoms with Crippen LogP contribution in [0.4, 0.5) is 11.4 Å². The van der Waals surface area contributed by atoms with Crippen molar-refractivity contribution < 1.29 is 14.6 Å². The maximum Gasteiger partial charge on any atom is 0.348 e. The summed E-state index contributed by atoms with van der Waals surface area (Å²) in [4.78, 5) is 19.3. The highest BCUT2D eigenvalue weighted by molar-refractivity contribution is 5.56. The smallest absolute Gasteiger partial charge is 0.348 e. The first kappa shape index (κ1) is 15.0. The molecule has 1 heterocycles. The van der Waals surface area contributed by atoms with Crippen molar-refractivity contribution >= 4 is 11.4 Å². The number of nitrogens with one attached hydrogen (secondary N) is 1. The summed E-state index contributed by atoms with van der Waals surface area (Å²) in [7, 11) is 0. The number of ether oxygens (including phenoxy) is 1. The Morgan fingerprint density at radius 2 is 1.79 bits per heavy atom. The summed E-state index contributed by atoms with van der Waals surface area (Å²) in [5.74, 6) is 0. The second-order valence-corrected chi connectivity index (χ2v) is 3.82. The topological polar surface area (TPSA) is 108 Å². The largest absolute Gasteiger partial charge is 0.379 e. The van der Waals surface area contributed by atoms with Gasteiger partial charge in [-0.25, -0.2) is 0 Å². The molecule has 1 aromatic rings. The number of hydrogen-bond donors (Lipinski definition) is 1. The van der Waals surface area contributed by atoms with Crippen molar-refractivity contribution in [2.75, 3.05) is 26.3 Å². The predicted molar refractivity (Wildman–Crippen MR) is 68.2 cm³/mol. The molecule has 1 aliphatic heterocycles. The van der Waals surface area contributed by atoms with Crippen molar-refractivity contribution in [3.8, 4) is 0 Å². The van der Waals surface area contributed by atoms with E-state index in [1.165, 1.54) is 19.1 Å². The molecule has 0 saturated carbocycles. The van der Waals surface area contributed by atoms with Crippen LogP contribution in [0.25, 0.3) is 0 Å². The Balaban J connectivity index is 0.000000250. The SMILES string of the molecule is C1COCCN1.Cc1cccc([N+](=O)[O-])c1[N+](=O)[O-]. The van der Waals surface area contributed by atoms with Gasteiger partial charge in [-0.15, -0.1) is 0 Å². The minimum atomic E-state index is -0.759. The Morgan fingerprint density at radius 1 is 1.16 bits per heavy atom. The van der Waals surface area contributed by atoms with E-state index < -0.39 is 21.2 Å². The molecular formula is C11H15N3O5. The van der Waals surface area contributed by atoms with Crippen LogP contribution in [0.1, 0.15) is 5.56 Å². The fourth-order valence-corrected chi connectivity index (χ4v) is 1.54. The normalized spacial score (nSPS) is 14.2. The van der Waals surface area contributed by atoms with Gasteiger partial charge in [-0.1, -0.05) is 12.1 Å². The van der Waals surface area contributed by atoms with Crippen LogP contribution in [0.3, 0.4) is 0 Å². The number of aryl methyl sites for hydroxylation is 1. The van der Waals surface area contributed by atoms with Crippen molar-refractivity contribution in [1.82, 2.24) is 5.32 Å². The Labute approximate surface area is 109 Å². The molecule has 1 aromatic carbocycles. The van der Waals surface area contributed by atoms with E-state index in [1.54, 1.807) is 0 Å². The molecule has 19 heavy (non-hydrogen) atoms. The number of hydrogen-bond acceptors (Lipinski definition) is 6. The van der Waals surface area contributed by atoms with Gasteiger partial charge >= 0.3 is 11.4 Å². The molecule has 0 atom stereocenters. The van der Waals surface area contributed by atoms with Gasteiger partial charge in [-0.3, -0.25) is 20.2 Å². The van der Waals surface area contributed by atoms with Gasteiger partial charge in [0, 0.05) is 24.7 Å². The molecule has 8 nitrogen and oxygen atoms in total. The molecule has 1 fully saturated rings. The first-order valence-corrected chi connectivity index (χ1v) is 5.71. The molecule has 2 rings (SSSR count). The molecular weight excluding hydrogens is 254 g/mol. The lowest BCUT2D eigenvalue weighted by Crippen LogP contribution is -2.30. The van der Waals surface area contributed by atoms with Crippen molar-refractivity contribution in [2.24, 2.45) is 0 Å². The fourth-order valence-electron chi connectivity index (χ4n) is 1.54. The zero-order valence-electron chi connectivity index (χ0n) is 10.5. The third-order valence-electron chi connectivity index (χ3n) is 2.44. The number of rotatable bonds is 2. The molecule has 104 valence electrons. The molecule has 8 heteroatoms.